The molecule has 0 N–H and O–H groups in total. The van der Waals surface area contributed by atoms with Crippen LogP contribution in [0.4, 0.5) is 0 Å². The van der Waals surface area contributed by atoms with Crippen molar-refractivity contribution in [1.82, 2.24) is 4.57 Å². The van der Waals surface area contributed by atoms with Crippen molar-refractivity contribution in [3.05, 3.63) is 107 Å². The van der Waals surface area contributed by atoms with E-state index in [9.17, 15) is 0 Å². The van der Waals surface area contributed by atoms with Crippen LogP contribution in [-0.4, -0.2) is 4.57 Å². The third-order valence-corrected chi connectivity index (χ3v) is 5.65. The molecule has 0 unspecified atom stereocenters. The van der Waals surface area contributed by atoms with Gasteiger partial charge in [0.05, 0.1) is 0 Å². The van der Waals surface area contributed by atoms with Gasteiger partial charge in [-0.25, -0.2) is 0 Å². The lowest BCUT2D eigenvalue weighted by Crippen LogP contribution is -1.99. The molecule has 140 valence electrons. The van der Waals surface area contributed by atoms with Gasteiger partial charge in [0.15, 0.2) is 0 Å². The monoisotopic (exact) mass is 365 g/mol. The van der Waals surface area contributed by atoms with E-state index in [-0.39, 0.29) is 0 Å². The highest BCUT2D eigenvalue weighted by molar-refractivity contribution is 5.85. The van der Waals surface area contributed by atoms with Crippen LogP contribution in [0.15, 0.2) is 85.2 Å². The highest BCUT2D eigenvalue weighted by Crippen LogP contribution is 2.36. The molecule has 0 saturated heterocycles. The number of rotatable bonds is 5. The summed E-state index contributed by atoms with van der Waals surface area (Å²) in [5, 5.41) is 0. The Labute approximate surface area is 168 Å². The van der Waals surface area contributed by atoms with Gasteiger partial charge < -0.3 is 4.57 Å². The van der Waals surface area contributed by atoms with Gasteiger partial charge in [-0.2, -0.15) is 0 Å². The quantitative estimate of drug-likeness (QED) is 0.359. The summed E-state index contributed by atoms with van der Waals surface area (Å²) in [7, 11) is 0. The first-order valence-corrected chi connectivity index (χ1v) is 10.00. The van der Waals surface area contributed by atoms with Crippen LogP contribution in [-0.2, 0) is 13.0 Å². The molecule has 4 aromatic rings. The molecule has 1 nitrogen and oxygen atoms in total. The summed E-state index contributed by atoms with van der Waals surface area (Å²) in [6.07, 6.45) is 5.69. The van der Waals surface area contributed by atoms with Crippen LogP contribution in [0.2, 0.25) is 0 Å². The van der Waals surface area contributed by atoms with E-state index in [2.05, 4.69) is 111 Å². The second kappa shape index (κ2) is 7.90. The molecule has 0 bridgehead atoms. The van der Waals surface area contributed by atoms with Gasteiger partial charge in [0.1, 0.15) is 0 Å². The highest BCUT2D eigenvalue weighted by atomic mass is 14.9. The number of nitrogens with zero attached hydrogens (tertiary/aromatic N) is 1. The Morgan fingerprint density at radius 2 is 1.00 bits per heavy atom. The fourth-order valence-corrected chi connectivity index (χ4v) is 3.96. The van der Waals surface area contributed by atoms with Crippen molar-refractivity contribution in [1.29, 1.82) is 0 Å². The number of benzene rings is 3. The van der Waals surface area contributed by atoms with E-state index in [4.69, 9.17) is 0 Å². The molecule has 1 heterocycles. The van der Waals surface area contributed by atoms with Crippen molar-refractivity contribution >= 4 is 0 Å². The maximum absolute atomic E-state index is 2.36. The van der Waals surface area contributed by atoms with Crippen LogP contribution in [0.25, 0.3) is 22.3 Å². The maximum atomic E-state index is 2.36. The Morgan fingerprint density at radius 3 is 1.50 bits per heavy atom. The van der Waals surface area contributed by atoms with Gasteiger partial charge in [0.2, 0.25) is 0 Å². The fourth-order valence-electron chi connectivity index (χ4n) is 3.96. The van der Waals surface area contributed by atoms with Gasteiger partial charge >= 0.3 is 0 Å². The summed E-state index contributed by atoms with van der Waals surface area (Å²) < 4.78 is 2.36. The molecular weight excluding hydrogens is 338 g/mol. The Kier molecular flexibility index (Phi) is 5.16. The van der Waals surface area contributed by atoms with Gasteiger partial charge in [0, 0.05) is 30.1 Å². The summed E-state index contributed by atoms with van der Waals surface area (Å²) >= 11 is 0. The van der Waals surface area contributed by atoms with Gasteiger partial charge in [-0.1, -0.05) is 72.8 Å². The summed E-state index contributed by atoms with van der Waals surface area (Å²) in [6.45, 7) is 7.57. The minimum absolute atomic E-state index is 0.982. The Bertz CT molecular complexity index is 1040. The molecule has 28 heavy (non-hydrogen) atoms. The van der Waals surface area contributed by atoms with Crippen LogP contribution in [0.3, 0.4) is 0 Å². The van der Waals surface area contributed by atoms with Crippen molar-refractivity contribution in [2.45, 2.75) is 33.7 Å². The number of hydrogen-bond acceptors (Lipinski definition) is 0. The topological polar surface area (TPSA) is 4.93 Å². The zero-order valence-corrected chi connectivity index (χ0v) is 16.9. The van der Waals surface area contributed by atoms with Crippen molar-refractivity contribution in [3.8, 4) is 22.3 Å². The van der Waals surface area contributed by atoms with E-state index >= 15 is 0 Å². The molecule has 0 amide bonds. The zero-order chi connectivity index (χ0) is 19.5. The molecule has 0 radical (unpaired) electrons. The minimum atomic E-state index is 0.982. The highest BCUT2D eigenvalue weighted by Gasteiger charge is 2.14. The lowest BCUT2D eigenvalue weighted by atomic mass is 9.94. The van der Waals surface area contributed by atoms with Crippen LogP contribution in [0.5, 0.6) is 0 Å². The minimum Gasteiger partial charge on any atom is -0.353 e. The molecular formula is C27H27N. The summed E-state index contributed by atoms with van der Waals surface area (Å²) in [4.78, 5) is 0. The molecule has 0 aliphatic rings. The zero-order valence-electron chi connectivity index (χ0n) is 16.9. The molecule has 0 spiro atoms. The van der Waals surface area contributed by atoms with Crippen molar-refractivity contribution in [2.75, 3.05) is 0 Å². The number of hydrogen-bond donors (Lipinski definition) is 0. The standard InChI is InChI=1S/C27H27N/c1-20-10-4-7-13-23(20)16-17-28-18-26(24-14-8-5-11-21(24)2)27(19-28)25-15-9-6-12-22(25)3/h4-15,18-19H,16-17H2,1-3H3. The SMILES string of the molecule is Cc1ccccc1CCn1cc(-c2ccccc2C)c(-c2ccccc2C)c1. The molecule has 0 saturated carbocycles. The predicted molar refractivity (Wildman–Crippen MR) is 120 cm³/mol. The summed E-state index contributed by atoms with van der Waals surface area (Å²) in [5.41, 5.74) is 10.7. The van der Waals surface area contributed by atoms with Crippen molar-refractivity contribution in [2.24, 2.45) is 0 Å². The van der Waals surface area contributed by atoms with E-state index in [1.807, 2.05) is 0 Å². The molecule has 0 fully saturated rings. The third kappa shape index (κ3) is 3.66. The van der Waals surface area contributed by atoms with Crippen LogP contribution in [0, 0.1) is 20.8 Å². The lowest BCUT2D eigenvalue weighted by Gasteiger charge is -2.09. The normalized spacial score (nSPS) is 11.0. The van der Waals surface area contributed by atoms with Gasteiger partial charge in [-0.05, 0) is 60.6 Å². The van der Waals surface area contributed by atoms with E-state index in [0.29, 0.717) is 0 Å². The number of aromatic nitrogens is 1. The first-order chi connectivity index (χ1) is 13.6. The Morgan fingerprint density at radius 1 is 0.536 bits per heavy atom. The molecule has 1 aromatic heterocycles. The Hall–Kier alpha value is -3.06. The number of aryl methyl sites for hydroxylation is 5. The van der Waals surface area contributed by atoms with Crippen LogP contribution in [0.1, 0.15) is 22.3 Å². The van der Waals surface area contributed by atoms with E-state index in [1.54, 1.807) is 0 Å². The average molecular weight is 366 g/mol. The second-order valence-corrected chi connectivity index (χ2v) is 7.63. The molecule has 0 atom stereocenters. The first kappa shape index (κ1) is 18.3. The fraction of sp³-hybridized carbons (Fsp3) is 0.185. The van der Waals surface area contributed by atoms with Gasteiger partial charge in [0.25, 0.3) is 0 Å². The molecule has 0 aliphatic carbocycles. The summed E-state index contributed by atoms with van der Waals surface area (Å²) in [6, 6.07) is 26.0. The second-order valence-electron chi connectivity index (χ2n) is 7.63. The summed E-state index contributed by atoms with van der Waals surface area (Å²) in [5.74, 6) is 0. The van der Waals surface area contributed by atoms with Crippen molar-refractivity contribution < 1.29 is 0 Å². The average Bonchev–Trinajstić information content (AvgIpc) is 3.12. The molecule has 0 aliphatic heterocycles. The maximum Gasteiger partial charge on any atom is 0.0260 e. The van der Waals surface area contributed by atoms with Crippen LogP contribution < -0.4 is 0 Å². The predicted octanol–water partition coefficient (Wildman–Crippen LogP) is 6.99. The molecule has 4 rings (SSSR count). The molecule has 3 aromatic carbocycles. The van der Waals surface area contributed by atoms with E-state index in [0.717, 1.165) is 13.0 Å². The Balaban J connectivity index is 1.75. The smallest absolute Gasteiger partial charge is 0.0260 e. The van der Waals surface area contributed by atoms with Gasteiger partial charge in [-0.15, -0.1) is 0 Å². The third-order valence-electron chi connectivity index (χ3n) is 5.65. The molecule has 1 heteroatoms. The van der Waals surface area contributed by atoms with Crippen molar-refractivity contribution in [3.63, 3.8) is 0 Å². The van der Waals surface area contributed by atoms with E-state index < -0.39 is 0 Å². The lowest BCUT2D eigenvalue weighted by molar-refractivity contribution is 0.699. The largest absolute Gasteiger partial charge is 0.353 e. The van der Waals surface area contributed by atoms with E-state index in [1.165, 1.54) is 44.5 Å². The first-order valence-electron chi connectivity index (χ1n) is 10.00. The van der Waals surface area contributed by atoms with Gasteiger partial charge in [-0.3, -0.25) is 0 Å². The van der Waals surface area contributed by atoms with Crippen LogP contribution >= 0.6 is 0 Å².